The molecule has 3 aliphatic heterocycles. The van der Waals surface area contributed by atoms with Crippen LogP contribution >= 0.6 is 0 Å². The van der Waals surface area contributed by atoms with Crippen LogP contribution in [0.5, 0.6) is 0 Å². The standard InChI is InChI=1S/C33H37N9O3/c34-20-26-4-1-17-42(26)29(43)21-35-12-11-33(32-36-38-39-37-32)27-9-7-24(30(44)40-13-2-14-40)18-22(27)5-6-23-19-25(8-10-28(23)33)31(45)41-15-3-16-41/h7-10,18-19,26,35H,1-6,11-17,21H2,(H,36,37,38,39). The van der Waals surface area contributed by atoms with Gasteiger partial charge in [0.15, 0.2) is 5.82 Å². The van der Waals surface area contributed by atoms with E-state index in [-0.39, 0.29) is 30.3 Å². The number of carbonyl (C=O) groups excluding carboxylic acids is 3. The van der Waals surface area contributed by atoms with Crippen molar-refractivity contribution in [3.05, 3.63) is 75.6 Å². The van der Waals surface area contributed by atoms with Gasteiger partial charge >= 0.3 is 0 Å². The Hall–Kier alpha value is -4.63. The third kappa shape index (κ3) is 5.15. The molecule has 4 aliphatic rings. The van der Waals surface area contributed by atoms with Gasteiger partial charge in [0.05, 0.1) is 18.0 Å². The molecule has 12 heteroatoms. The second-order valence-electron chi connectivity index (χ2n) is 12.5. The number of fused-ring (bicyclic) bond motifs is 2. The summed E-state index contributed by atoms with van der Waals surface area (Å²) in [5.41, 5.74) is 4.51. The second-order valence-corrected chi connectivity index (χ2v) is 12.5. The van der Waals surface area contributed by atoms with Crippen molar-refractivity contribution in [2.45, 2.75) is 56.4 Å². The summed E-state index contributed by atoms with van der Waals surface area (Å²) < 4.78 is 0. The monoisotopic (exact) mass is 607 g/mol. The van der Waals surface area contributed by atoms with Crippen LogP contribution in [-0.4, -0.2) is 105 Å². The number of hydrogen-bond donors (Lipinski definition) is 2. The molecule has 3 fully saturated rings. The molecule has 1 aliphatic carbocycles. The molecule has 0 radical (unpaired) electrons. The molecule has 1 aromatic heterocycles. The van der Waals surface area contributed by atoms with Crippen LogP contribution in [0.25, 0.3) is 0 Å². The lowest BCUT2D eigenvalue weighted by atomic mass is 9.69. The van der Waals surface area contributed by atoms with Gasteiger partial charge in [0.1, 0.15) is 6.04 Å². The Balaban J connectivity index is 1.26. The van der Waals surface area contributed by atoms with E-state index in [2.05, 4.69) is 32.0 Å². The van der Waals surface area contributed by atoms with Crippen LogP contribution in [0, 0.1) is 11.3 Å². The number of nitriles is 1. The van der Waals surface area contributed by atoms with Crippen LogP contribution < -0.4 is 5.32 Å². The fourth-order valence-electron chi connectivity index (χ4n) is 7.25. The molecule has 12 nitrogen and oxygen atoms in total. The van der Waals surface area contributed by atoms with E-state index < -0.39 is 5.41 Å². The highest BCUT2D eigenvalue weighted by molar-refractivity contribution is 5.96. The first-order chi connectivity index (χ1) is 22.0. The molecule has 1 atom stereocenters. The quantitative estimate of drug-likeness (QED) is 0.368. The van der Waals surface area contributed by atoms with E-state index in [1.807, 2.05) is 46.2 Å². The van der Waals surface area contributed by atoms with Gasteiger partial charge in [0.25, 0.3) is 11.8 Å². The van der Waals surface area contributed by atoms with Gasteiger partial charge in [-0.15, -0.1) is 10.2 Å². The van der Waals surface area contributed by atoms with Crippen molar-refractivity contribution in [2.75, 3.05) is 45.8 Å². The fourth-order valence-corrected chi connectivity index (χ4v) is 7.25. The van der Waals surface area contributed by atoms with Crippen molar-refractivity contribution in [3.63, 3.8) is 0 Å². The molecular formula is C33H37N9O3. The number of benzene rings is 2. The summed E-state index contributed by atoms with van der Waals surface area (Å²) in [6.07, 6.45) is 5.46. The Morgan fingerprint density at radius 1 is 0.911 bits per heavy atom. The zero-order chi connectivity index (χ0) is 31.0. The van der Waals surface area contributed by atoms with Gasteiger partial charge in [0.2, 0.25) is 5.91 Å². The molecule has 1 unspecified atom stereocenters. The average molecular weight is 608 g/mol. The summed E-state index contributed by atoms with van der Waals surface area (Å²) in [7, 11) is 0. The topological polar surface area (TPSA) is 151 Å². The summed E-state index contributed by atoms with van der Waals surface area (Å²) in [5.74, 6) is 0.484. The number of aromatic nitrogens is 4. The zero-order valence-electron chi connectivity index (χ0n) is 25.3. The first kappa shape index (κ1) is 29.1. The Morgan fingerprint density at radius 3 is 2.04 bits per heavy atom. The molecule has 0 saturated carbocycles. The van der Waals surface area contributed by atoms with Gasteiger partial charge in [-0.1, -0.05) is 17.3 Å². The molecule has 3 aromatic rings. The van der Waals surface area contributed by atoms with Crippen molar-refractivity contribution in [1.29, 1.82) is 5.26 Å². The number of hydrogen-bond acceptors (Lipinski definition) is 8. The molecule has 2 aromatic carbocycles. The molecule has 232 valence electrons. The average Bonchev–Trinajstić information content (AvgIpc) is 3.69. The molecule has 3 amide bonds. The first-order valence-electron chi connectivity index (χ1n) is 16.0. The van der Waals surface area contributed by atoms with E-state index in [1.54, 1.807) is 4.90 Å². The number of rotatable bonds is 8. The van der Waals surface area contributed by atoms with E-state index in [0.29, 0.717) is 55.7 Å². The van der Waals surface area contributed by atoms with Crippen molar-refractivity contribution in [3.8, 4) is 6.07 Å². The van der Waals surface area contributed by atoms with E-state index in [4.69, 9.17) is 0 Å². The molecule has 2 N–H and O–H groups in total. The summed E-state index contributed by atoms with van der Waals surface area (Å²) in [6.45, 7) is 4.28. The number of nitrogens with one attached hydrogen (secondary N) is 2. The van der Waals surface area contributed by atoms with Crippen LogP contribution in [0.4, 0.5) is 0 Å². The maximum absolute atomic E-state index is 13.2. The third-order valence-electron chi connectivity index (χ3n) is 9.98. The largest absolute Gasteiger partial charge is 0.339 e. The van der Waals surface area contributed by atoms with E-state index in [9.17, 15) is 19.6 Å². The number of aromatic amines is 1. The molecule has 0 bridgehead atoms. The number of carbonyl (C=O) groups is 3. The van der Waals surface area contributed by atoms with Gasteiger partial charge in [0, 0.05) is 43.9 Å². The molecule has 7 rings (SSSR count). The minimum absolute atomic E-state index is 0.0381. The lowest BCUT2D eigenvalue weighted by Gasteiger charge is -2.35. The Kier molecular flexibility index (Phi) is 7.79. The minimum atomic E-state index is -0.857. The van der Waals surface area contributed by atoms with Gasteiger partial charge in [-0.25, -0.2) is 0 Å². The van der Waals surface area contributed by atoms with Crippen LogP contribution in [0.15, 0.2) is 36.4 Å². The Labute approximate surface area is 261 Å². The Morgan fingerprint density at radius 2 is 1.53 bits per heavy atom. The van der Waals surface area contributed by atoms with Crippen molar-refractivity contribution < 1.29 is 14.4 Å². The van der Waals surface area contributed by atoms with Crippen LogP contribution in [0.2, 0.25) is 0 Å². The number of amides is 3. The van der Waals surface area contributed by atoms with Crippen molar-refractivity contribution in [1.82, 2.24) is 40.6 Å². The van der Waals surface area contributed by atoms with Crippen LogP contribution in [0.1, 0.15) is 80.9 Å². The van der Waals surface area contributed by atoms with E-state index >= 15 is 0 Å². The van der Waals surface area contributed by atoms with Crippen molar-refractivity contribution in [2.24, 2.45) is 0 Å². The Bertz CT molecular complexity index is 1580. The molecular weight excluding hydrogens is 570 g/mol. The molecule has 45 heavy (non-hydrogen) atoms. The normalized spacial score (nSPS) is 19.9. The summed E-state index contributed by atoms with van der Waals surface area (Å²) in [5, 5.41) is 28.4. The lowest BCUT2D eigenvalue weighted by Crippen LogP contribution is -2.43. The molecule has 3 saturated heterocycles. The minimum Gasteiger partial charge on any atom is -0.339 e. The highest BCUT2D eigenvalue weighted by Gasteiger charge is 2.45. The highest BCUT2D eigenvalue weighted by atomic mass is 16.2. The molecule has 0 spiro atoms. The van der Waals surface area contributed by atoms with Gasteiger partial charge in [-0.05, 0) is 98.0 Å². The molecule has 4 heterocycles. The number of likely N-dealkylation sites (tertiary alicyclic amines) is 3. The second kappa shape index (κ2) is 12.0. The van der Waals surface area contributed by atoms with Gasteiger partial charge < -0.3 is 20.0 Å². The summed E-state index contributed by atoms with van der Waals surface area (Å²) >= 11 is 0. The summed E-state index contributed by atoms with van der Waals surface area (Å²) in [4.78, 5) is 44.9. The number of H-pyrrole nitrogens is 1. The third-order valence-corrected chi connectivity index (χ3v) is 9.98. The predicted molar refractivity (Wildman–Crippen MR) is 163 cm³/mol. The lowest BCUT2D eigenvalue weighted by molar-refractivity contribution is -0.130. The first-order valence-corrected chi connectivity index (χ1v) is 16.0. The number of tetrazole rings is 1. The van der Waals surface area contributed by atoms with Crippen LogP contribution in [0.3, 0.4) is 0 Å². The fraction of sp³-hybridized carbons (Fsp3) is 0.485. The SMILES string of the molecule is N#CC1CCCN1C(=O)CNCCC1(c2nn[nH]n2)c2ccc(C(=O)N3CCC3)cc2CCc2cc(C(=O)N3CCC3)ccc21. The van der Waals surface area contributed by atoms with E-state index in [0.717, 1.165) is 67.7 Å². The number of nitrogens with zero attached hydrogens (tertiary/aromatic N) is 7. The summed E-state index contributed by atoms with van der Waals surface area (Å²) in [6, 6.07) is 13.7. The van der Waals surface area contributed by atoms with Gasteiger partial charge in [-0.2, -0.15) is 10.5 Å². The smallest absolute Gasteiger partial charge is 0.253 e. The maximum atomic E-state index is 13.2. The highest BCUT2D eigenvalue weighted by Crippen LogP contribution is 2.46. The van der Waals surface area contributed by atoms with Gasteiger partial charge in [-0.3, -0.25) is 14.4 Å². The van der Waals surface area contributed by atoms with Crippen molar-refractivity contribution >= 4 is 17.7 Å². The zero-order valence-corrected chi connectivity index (χ0v) is 25.3. The van der Waals surface area contributed by atoms with E-state index in [1.165, 1.54) is 0 Å². The maximum Gasteiger partial charge on any atom is 0.253 e. The van der Waals surface area contributed by atoms with Crippen LogP contribution in [-0.2, 0) is 23.1 Å². The predicted octanol–water partition coefficient (Wildman–Crippen LogP) is 1.82. The number of aryl methyl sites for hydroxylation is 2.